The third kappa shape index (κ3) is 1.91. The van der Waals surface area contributed by atoms with Gasteiger partial charge in [0.2, 0.25) is 0 Å². The summed E-state index contributed by atoms with van der Waals surface area (Å²) in [7, 11) is 1.44. The summed E-state index contributed by atoms with van der Waals surface area (Å²) in [5.41, 5.74) is 0. The minimum absolute atomic E-state index is 0.376. The van der Waals surface area contributed by atoms with Crippen LogP contribution < -0.4 is 0 Å². The maximum Gasteiger partial charge on any atom is 0.182 e. The van der Waals surface area contributed by atoms with Gasteiger partial charge < -0.3 is 4.74 Å². The molecule has 0 spiro atoms. The van der Waals surface area contributed by atoms with Gasteiger partial charge in [0.05, 0.1) is 0 Å². The van der Waals surface area contributed by atoms with Gasteiger partial charge in [0, 0.05) is 17.2 Å². The third-order valence-electron chi connectivity index (χ3n) is 1.51. The Balaban J connectivity index is 3.01. The quantitative estimate of drug-likeness (QED) is 0.646. The van der Waals surface area contributed by atoms with Crippen molar-refractivity contribution in [2.75, 3.05) is 7.11 Å². The van der Waals surface area contributed by atoms with Gasteiger partial charge in [-0.3, -0.25) is 0 Å². The number of rotatable bonds is 1. The topological polar surface area (TPSA) is 9.23 Å². The highest BCUT2D eigenvalue weighted by atomic mass is 35.5. The number of hydrogen-bond acceptors (Lipinski definition) is 1. The predicted molar refractivity (Wildman–Crippen MR) is 53.1 cm³/mol. The predicted octanol–water partition coefficient (Wildman–Crippen LogP) is 3.43. The van der Waals surface area contributed by atoms with E-state index in [9.17, 15) is 0 Å². The molecule has 1 aliphatic carbocycles. The van der Waals surface area contributed by atoms with Crippen molar-refractivity contribution in [3.63, 3.8) is 0 Å². The molecule has 0 saturated heterocycles. The summed E-state index contributed by atoms with van der Waals surface area (Å²) in [4.78, 5) is 0. The number of halogens is 4. The lowest BCUT2D eigenvalue weighted by Gasteiger charge is -2.29. The van der Waals surface area contributed by atoms with E-state index in [1.807, 2.05) is 0 Å². The van der Waals surface area contributed by atoms with Crippen LogP contribution in [0.2, 0.25) is 0 Å². The Labute approximate surface area is 90.9 Å². The lowest BCUT2D eigenvalue weighted by Crippen LogP contribution is -2.35. The second-order valence-electron chi connectivity index (χ2n) is 2.32. The van der Waals surface area contributed by atoms with Crippen LogP contribution in [-0.2, 0) is 4.74 Å². The fraction of sp³-hybridized carbons (Fsp3) is 0.429. The molecule has 2 unspecified atom stereocenters. The van der Waals surface area contributed by atoms with Crippen molar-refractivity contribution in [2.24, 2.45) is 0 Å². The maximum atomic E-state index is 5.96. The molecule has 1 nitrogen and oxygen atoms in total. The standard InChI is InChI=1S/C7H6Cl4O/c1-12-7(11)3-4(8)2-5(9)6(7)10/h2-3,6H,1H3. The number of allylic oxidation sites excluding steroid dienone is 2. The van der Waals surface area contributed by atoms with Crippen molar-refractivity contribution >= 4 is 46.4 Å². The number of hydrogen-bond donors (Lipinski definition) is 0. The summed E-state index contributed by atoms with van der Waals surface area (Å²) < 4.78 is 4.98. The van der Waals surface area contributed by atoms with Crippen LogP contribution in [0.4, 0.5) is 0 Å². The van der Waals surface area contributed by atoms with Crippen molar-refractivity contribution in [3.05, 3.63) is 22.2 Å². The highest BCUT2D eigenvalue weighted by Gasteiger charge is 2.38. The van der Waals surface area contributed by atoms with Crippen LogP contribution in [0.25, 0.3) is 0 Å². The zero-order valence-corrected chi connectivity index (χ0v) is 9.18. The lowest BCUT2D eigenvalue weighted by molar-refractivity contribution is 0.108. The zero-order valence-electron chi connectivity index (χ0n) is 6.15. The van der Waals surface area contributed by atoms with Gasteiger partial charge in [-0.2, -0.15) is 0 Å². The van der Waals surface area contributed by atoms with E-state index in [1.165, 1.54) is 13.2 Å². The molecule has 68 valence electrons. The molecular weight excluding hydrogens is 242 g/mol. The molecule has 0 heterocycles. The SMILES string of the molecule is COC1(Cl)C=C(Cl)C=C(Cl)C1Cl. The molecule has 0 aliphatic heterocycles. The van der Waals surface area contributed by atoms with Crippen LogP contribution in [0.3, 0.4) is 0 Å². The van der Waals surface area contributed by atoms with Gasteiger partial charge in [-0.1, -0.05) is 34.8 Å². The van der Waals surface area contributed by atoms with Crippen LogP contribution in [0.1, 0.15) is 0 Å². The van der Waals surface area contributed by atoms with E-state index < -0.39 is 10.4 Å². The summed E-state index contributed by atoms with van der Waals surface area (Å²) in [5.74, 6) is 0. The van der Waals surface area contributed by atoms with E-state index in [1.54, 1.807) is 6.08 Å². The maximum absolute atomic E-state index is 5.96. The van der Waals surface area contributed by atoms with E-state index >= 15 is 0 Å². The van der Waals surface area contributed by atoms with Crippen LogP contribution >= 0.6 is 46.4 Å². The molecule has 1 rings (SSSR count). The summed E-state index contributed by atoms with van der Waals surface area (Å²) in [5, 5.41) is -0.937. The average Bonchev–Trinajstić information content (AvgIpc) is 2.00. The number of ether oxygens (including phenoxy) is 1. The average molecular weight is 248 g/mol. The molecule has 0 bridgehead atoms. The van der Waals surface area contributed by atoms with Crippen molar-refractivity contribution in [1.82, 2.24) is 0 Å². The molecule has 5 heteroatoms. The van der Waals surface area contributed by atoms with Crippen LogP contribution in [0.15, 0.2) is 22.2 Å². The van der Waals surface area contributed by atoms with E-state index in [4.69, 9.17) is 51.1 Å². The Hall–Kier alpha value is 0.600. The van der Waals surface area contributed by atoms with Gasteiger partial charge in [-0.15, -0.1) is 11.6 Å². The normalized spacial score (nSPS) is 35.9. The van der Waals surface area contributed by atoms with Gasteiger partial charge >= 0.3 is 0 Å². The molecule has 0 aromatic rings. The third-order valence-corrected chi connectivity index (χ3v) is 3.32. The molecule has 1 aliphatic rings. The van der Waals surface area contributed by atoms with Crippen molar-refractivity contribution < 1.29 is 4.74 Å². The molecule has 2 atom stereocenters. The summed E-state index contributed by atoms with van der Waals surface area (Å²) in [6.07, 6.45) is 3.06. The first-order valence-corrected chi connectivity index (χ1v) is 4.70. The van der Waals surface area contributed by atoms with E-state index in [0.717, 1.165) is 0 Å². The Morgan fingerprint density at radius 3 is 2.58 bits per heavy atom. The zero-order chi connectivity index (χ0) is 9.35. The second-order valence-corrected chi connectivity index (χ2v) is 4.22. The molecule has 0 radical (unpaired) electrons. The van der Waals surface area contributed by atoms with Gasteiger partial charge in [0.1, 0.15) is 5.38 Å². The Kier molecular flexibility index (Phi) is 3.35. The van der Waals surface area contributed by atoms with Crippen molar-refractivity contribution in [1.29, 1.82) is 0 Å². The minimum atomic E-state index is -1.13. The number of methoxy groups -OCH3 is 1. The second kappa shape index (κ2) is 3.77. The molecule has 0 amide bonds. The van der Waals surface area contributed by atoms with Gasteiger partial charge in [0.25, 0.3) is 0 Å². The van der Waals surface area contributed by atoms with E-state index in [0.29, 0.717) is 10.1 Å². The van der Waals surface area contributed by atoms with Crippen molar-refractivity contribution in [2.45, 2.75) is 10.4 Å². The van der Waals surface area contributed by atoms with Gasteiger partial charge in [-0.25, -0.2) is 0 Å². The molecule has 0 N–H and O–H groups in total. The molecule has 0 saturated carbocycles. The van der Waals surface area contributed by atoms with Crippen LogP contribution in [0, 0.1) is 0 Å². The van der Waals surface area contributed by atoms with E-state index in [2.05, 4.69) is 0 Å². The first-order chi connectivity index (χ1) is 5.49. The smallest absolute Gasteiger partial charge is 0.182 e. The summed E-state index contributed by atoms with van der Waals surface area (Å²) >= 11 is 23.3. The van der Waals surface area contributed by atoms with Crippen molar-refractivity contribution in [3.8, 4) is 0 Å². The Morgan fingerprint density at radius 1 is 1.50 bits per heavy atom. The van der Waals surface area contributed by atoms with Gasteiger partial charge in [-0.05, 0) is 12.2 Å². The molecule has 0 aromatic carbocycles. The first-order valence-electron chi connectivity index (χ1n) is 3.13. The van der Waals surface area contributed by atoms with E-state index in [-0.39, 0.29) is 0 Å². The van der Waals surface area contributed by atoms with Gasteiger partial charge in [0.15, 0.2) is 5.06 Å². The Bertz CT molecular complexity index is 248. The summed E-state index contributed by atoms with van der Waals surface area (Å²) in [6.45, 7) is 0. The fourth-order valence-corrected chi connectivity index (χ4v) is 2.04. The molecule has 0 aromatic heterocycles. The van der Waals surface area contributed by atoms with Crippen LogP contribution in [0.5, 0.6) is 0 Å². The largest absolute Gasteiger partial charge is 0.357 e. The highest BCUT2D eigenvalue weighted by Crippen LogP contribution is 2.39. The van der Waals surface area contributed by atoms with Crippen LogP contribution in [-0.4, -0.2) is 17.5 Å². The Morgan fingerprint density at radius 2 is 2.08 bits per heavy atom. The highest BCUT2D eigenvalue weighted by molar-refractivity contribution is 6.44. The molecule has 12 heavy (non-hydrogen) atoms. The lowest BCUT2D eigenvalue weighted by atomic mass is 10.1. The first kappa shape index (κ1) is 10.7. The summed E-state index contributed by atoms with van der Waals surface area (Å²) in [6, 6.07) is 0. The fourth-order valence-electron chi connectivity index (χ4n) is 0.858. The molecular formula is C7H6Cl4O. The number of alkyl halides is 2. The monoisotopic (exact) mass is 246 g/mol. The molecule has 0 fully saturated rings. The minimum Gasteiger partial charge on any atom is -0.357 e.